The van der Waals surface area contributed by atoms with Crippen LogP contribution < -0.4 is 14.8 Å². The van der Waals surface area contributed by atoms with Gasteiger partial charge in [-0.15, -0.1) is 0 Å². The van der Waals surface area contributed by atoms with Gasteiger partial charge in [-0.1, -0.05) is 12.1 Å². The van der Waals surface area contributed by atoms with Gasteiger partial charge >= 0.3 is 0 Å². The van der Waals surface area contributed by atoms with E-state index in [4.69, 9.17) is 9.47 Å². The van der Waals surface area contributed by atoms with Crippen LogP contribution in [0.2, 0.25) is 0 Å². The SMILES string of the molecule is COc1ccccc1OCCNc1c(Br)cc(C)cc1Br. The Morgan fingerprint density at radius 2 is 1.67 bits per heavy atom. The molecule has 0 bridgehead atoms. The number of ether oxygens (including phenoxy) is 2. The van der Waals surface area contributed by atoms with E-state index < -0.39 is 0 Å². The molecular weight excluding hydrogens is 398 g/mol. The van der Waals surface area contributed by atoms with Crippen LogP contribution >= 0.6 is 31.9 Å². The number of para-hydroxylation sites is 2. The molecule has 0 atom stereocenters. The maximum absolute atomic E-state index is 5.74. The molecule has 2 aromatic rings. The third kappa shape index (κ3) is 4.38. The first-order valence-corrected chi connectivity index (χ1v) is 8.15. The van der Waals surface area contributed by atoms with Crippen molar-refractivity contribution in [3.8, 4) is 11.5 Å². The summed E-state index contributed by atoms with van der Waals surface area (Å²) in [5, 5.41) is 3.36. The van der Waals surface area contributed by atoms with Crippen LogP contribution in [0.3, 0.4) is 0 Å². The maximum Gasteiger partial charge on any atom is 0.161 e. The average molecular weight is 415 g/mol. The zero-order valence-corrected chi connectivity index (χ0v) is 15.1. The van der Waals surface area contributed by atoms with Crippen molar-refractivity contribution in [1.29, 1.82) is 0 Å². The van der Waals surface area contributed by atoms with Crippen LogP contribution in [0.1, 0.15) is 5.56 Å². The summed E-state index contributed by atoms with van der Waals surface area (Å²) in [6.45, 7) is 3.30. The van der Waals surface area contributed by atoms with Crippen molar-refractivity contribution in [3.05, 3.63) is 50.9 Å². The first-order chi connectivity index (χ1) is 10.1. The van der Waals surface area contributed by atoms with E-state index in [1.54, 1.807) is 7.11 Å². The Hall–Kier alpha value is -1.20. The summed E-state index contributed by atoms with van der Waals surface area (Å²) in [6, 6.07) is 11.8. The van der Waals surface area contributed by atoms with Crippen molar-refractivity contribution in [2.24, 2.45) is 0 Å². The summed E-state index contributed by atoms with van der Waals surface area (Å²) < 4.78 is 13.1. The average Bonchev–Trinajstić information content (AvgIpc) is 2.45. The monoisotopic (exact) mass is 413 g/mol. The normalized spacial score (nSPS) is 10.3. The zero-order chi connectivity index (χ0) is 15.2. The van der Waals surface area contributed by atoms with E-state index in [2.05, 4.69) is 56.2 Å². The minimum absolute atomic E-state index is 0.549. The smallest absolute Gasteiger partial charge is 0.161 e. The van der Waals surface area contributed by atoms with Gasteiger partial charge in [-0.3, -0.25) is 0 Å². The highest BCUT2D eigenvalue weighted by Gasteiger charge is 2.06. The highest BCUT2D eigenvalue weighted by Crippen LogP contribution is 2.32. The molecule has 0 heterocycles. The van der Waals surface area contributed by atoms with Crippen LogP contribution in [-0.2, 0) is 0 Å². The van der Waals surface area contributed by atoms with Crippen molar-refractivity contribution < 1.29 is 9.47 Å². The van der Waals surface area contributed by atoms with Gasteiger partial charge < -0.3 is 14.8 Å². The summed E-state index contributed by atoms with van der Waals surface area (Å²) in [6.07, 6.45) is 0. The number of anilines is 1. The molecule has 1 N–H and O–H groups in total. The van der Waals surface area contributed by atoms with Crippen LogP contribution in [0.15, 0.2) is 45.3 Å². The number of rotatable bonds is 6. The molecule has 2 aromatic carbocycles. The van der Waals surface area contributed by atoms with Crippen LogP contribution in [0.5, 0.6) is 11.5 Å². The molecule has 0 amide bonds. The van der Waals surface area contributed by atoms with Gasteiger partial charge in [-0.2, -0.15) is 0 Å². The Morgan fingerprint density at radius 3 is 2.29 bits per heavy atom. The molecule has 0 aliphatic carbocycles. The van der Waals surface area contributed by atoms with E-state index in [0.29, 0.717) is 13.2 Å². The van der Waals surface area contributed by atoms with E-state index in [1.807, 2.05) is 24.3 Å². The largest absolute Gasteiger partial charge is 0.493 e. The Bertz CT molecular complexity index is 594. The van der Waals surface area contributed by atoms with Gasteiger partial charge in [0.05, 0.1) is 12.8 Å². The Morgan fingerprint density at radius 1 is 1.05 bits per heavy atom. The quantitative estimate of drug-likeness (QED) is 0.673. The molecule has 21 heavy (non-hydrogen) atoms. The summed E-state index contributed by atoms with van der Waals surface area (Å²) in [4.78, 5) is 0. The predicted molar refractivity (Wildman–Crippen MR) is 93.6 cm³/mol. The fraction of sp³-hybridized carbons (Fsp3) is 0.250. The molecule has 0 aliphatic rings. The van der Waals surface area contributed by atoms with E-state index >= 15 is 0 Å². The molecule has 0 radical (unpaired) electrons. The number of benzene rings is 2. The second-order valence-electron chi connectivity index (χ2n) is 4.53. The van der Waals surface area contributed by atoms with Gasteiger partial charge in [0.25, 0.3) is 0 Å². The highest BCUT2D eigenvalue weighted by molar-refractivity contribution is 9.11. The molecule has 2 rings (SSSR count). The second kappa shape index (κ2) is 7.71. The lowest BCUT2D eigenvalue weighted by Gasteiger charge is -2.13. The van der Waals surface area contributed by atoms with E-state index in [0.717, 1.165) is 26.1 Å². The number of hydrogen-bond donors (Lipinski definition) is 1. The van der Waals surface area contributed by atoms with Crippen molar-refractivity contribution >= 4 is 37.5 Å². The molecule has 0 spiro atoms. The van der Waals surface area contributed by atoms with Gasteiger partial charge in [-0.25, -0.2) is 0 Å². The lowest BCUT2D eigenvalue weighted by atomic mass is 10.2. The predicted octanol–water partition coefficient (Wildman–Crippen LogP) is 5.02. The van der Waals surface area contributed by atoms with Crippen molar-refractivity contribution in [2.45, 2.75) is 6.92 Å². The first-order valence-electron chi connectivity index (χ1n) is 6.57. The molecule has 0 fully saturated rings. The fourth-order valence-corrected chi connectivity index (χ4v) is 3.64. The number of aryl methyl sites for hydroxylation is 1. The molecule has 0 aliphatic heterocycles. The van der Waals surface area contributed by atoms with E-state index in [9.17, 15) is 0 Å². The summed E-state index contributed by atoms with van der Waals surface area (Å²) in [7, 11) is 1.64. The van der Waals surface area contributed by atoms with Gasteiger partial charge in [-0.05, 0) is 68.6 Å². The molecular formula is C16H17Br2NO2. The van der Waals surface area contributed by atoms with Crippen LogP contribution in [0, 0.1) is 6.92 Å². The van der Waals surface area contributed by atoms with Gasteiger partial charge in [0.1, 0.15) is 6.61 Å². The third-order valence-corrected chi connectivity index (χ3v) is 4.17. The minimum atomic E-state index is 0.549. The molecule has 0 saturated heterocycles. The second-order valence-corrected chi connectivity index (χ2v) is 6.24. The first kappa shape index (κ1) is 16.2. The van der Waals surface area contributed by atoms with Gasteiger partial charge in [0.15, 0.2) is 11.5 Å². The lowest BCUT2D eigenvalue weighted by molar-refractivity contribution is 0.306. The number of methoxy groups -OCH3 is 1. The molecule has 0 aromatic heterocycles. The van der Waals surface area contributed by atoms with Crippen molar-refractivity contribution in [1.82, 2.24) is 0 Å². The summed E-state index contributed by atoms with van der Waals surface area (Å²) >= 11 is 7.13. The Kier molecular flexibility index (Phi) is 5.94. The highest BCUT2D eigenvalue weighted by atomic mass is 79.9. The van der Waals surface area contributed by atoms with Crippen LogP contribution in [0.25, 0.3) is 0 Å². The fourth-order valence-electron chi connectivity index (χ4n) is 1.94. The zero-order valence-electron chi connectivity index (χ0n) is 12.0. The molecule has 112 valence electrons. The number of halogens is 2. The van der Waals surface area contributed by atoms with Crippen molar-refractivity contribution in [2.75, 3.05) is 25.6 Å². The van der Waals surface area contributed by atoms with Crippen LogP contribution in [0.4, 0.5) is 5.69 Å². The molecule has 5 heteroatoms. The Labute approximate surface area is 141 Å². The summed E-state index contributed by atoms with van der Waals surface area (Å²) in [5.74, 6) is 1.50. The topological polar surface area (TPSA) is 30.5 Å². The van der Waals surface area contributed by atoms with E-state index in [-0.39, 0.29) is 0 Å². The standard InChI is InChI=1S/C16H17Br2NO2/c1-11-9-12(17)16(13(18)10-11)19-7-8-21-15-6-4-3-5-14(15)20-2/h3-6,9-10,19H,7-8H2,1-2H3. The lowest BCUT2D eigenvalue weighted by Crippen LogP contribution is -2.12. The summed E-state index contributed by atoms with van der Waals surface area (Å²) in [5.41, 5.74) is 2.23. The van der Waals surface area contributed by atoms with Crippen LogP contribution in [-0.4, -0.2) is 20.3 Å². The van der Waals surface area contributed by atoms with Crippen molar-refractivity contribution in [3.63, 3.8) is 0 Å². The minimum Gasteiger partial charge on any atom is -0.493 e. The van der Waals surface area contributed by atoms with Gasteiger partial charge in [0, 0.05) is 15.5 Å². The third-order valence-electron chi connectivity index (χ3n) is 2.92. The molecule has 0 saturated carbocycles. The molecule has 3 nitrogen and oxygen atoms in total. The maximum atomic E-state index is 5.74. The number of hydrogen-bond acceptors (Lipinski definition) is 3. The number of nitrogens with one attached hydrogen (secondary N) is 1. The molecule has 0 unspecified atom stereocenters. The van der Waals surface area contributed by atoms with E-state index in [1.165, 1.54) is 5.56 Å². The Balaban J connectivity index is 1.91. The van der Waals surface area contributed by atoms with Gasteiger partial charge in [0.2, 0.25) is 0 Å².